The Kier molecular flexibility index (Phi) is 13.1. The molecule has 0 unspecified atom stereocenters. The van der Waals surface area contributed by atoms with Crippen molar-refractivity contribution in [2.45, 2.75) is 58.8 Å². The standard InChI is InChI=1S/C9H20.C6H5.Sn.H/c1-3-5-7-9-8-6-4-2;1-2-4-6-5-3-1;;/h3-9H2,1-2H3;1-5H;;. The Bertz CT molecular complexity index is 212. The summed E-state index contributed by atoms with van der Waals surface area (Å²) in [6, 6.07) is 10.5. The third-order valence-electron chi connectivity index (χ3n) is 2.51. The van der Waals surface area contributed by atoms with Gasteiger partial charge >= 0.3 is 56.4 Å². The van der Waals surface area contributed by atoms with Gasteiger partial charge in [0.25, 0.3) is 0 Å². The quantitative estimate of drug-likeness (QED) is 0.548. The number of benzene rings is 1. The van der Waals surface area contributed by atoms with Crippen LogP contribution in [-0.2, 0) is 0 Å². The molecule has 0 aromatic heterocycles. The van der Waals surface area contributed by atoms with Crippen LogP contribution in [0.5, 0.6) is 0 Å². The maximum atomic E-state index is 2.26. The number of rotatable bonds is 6. The van der Waals surface area contributed by atoms with Gasteiger partial charge in [0.15, 0.2) is 0 Å². The molecule has 16 heavy (non-hydrogen) atoms. The fraction of sp³-hybridized carbons (Fsp3) is 0.600. The molecular formula is C15H26Sn. The number of hydrogen-bond donors (Lipinski definition) is 0. The van der Waals surface area contributed by atoms with Crippen LogP contribution in [0.4, 0.5) is 0 Å². The van der Waals surface area contributed by atoms with Gasteiger partial charge in [0.2, 0.25) is 0 Å². The maximum absolute atomic E-state index is 2.26. The first kappa shape index (κ1) is 16.0. The molecule has 0 aliphatic carbocycles. The van der Waals surface area contributed by atoms with E-state index in [-0.39, 0.29) is 0 Å². The molecule has 1 aromatic rings. The van der Waals surface area contributed by atoms with Crippen molar-refractivity contribution < 1.29 is 0 Å². The molecule has 0 aliphatic rings. The predicted molar refractivity (Wildman–Crippen MR) is 76.9 cm³/mol. The molecule has 0 saturated carbocycles. The predicted octanol–water partition coefficient (Wildman–Crippen LogP) is 3.97. The van der Waals surface area contributed by atoms with E-state index in [9.17, 15) is 0 Å². The van der Waals surface area contributed by atoms with Crippen LogP contribution >= 0.6 is 0 Å². The molecule has 1 heteroatoms. The first-order valence-electron chi connectivity index (χ1n) is 6.61. The number of unbranched alkanes of at least 4 members (excludes halogenated alkanes) is 6. The van der Waals surface area contributed by atoms with E-state index in [1.54, 1.807) is 0 Å². The Labute approximate surface area is 115 Å². The molecule has 0 amide bonds. The van der Waals surface area contributed by atoms with Gasteiger partial charge < -0.3 is 0 Å². The summed E-state index contributed by atoms with van der Waals surface area (Å²) in [5, 5.41) is 0. The van der Waals surface area contributed by atoms with Crippen molar-refractivity contribution in [3.63, 3.8) is 0 Å². The van der Waals surface area contributed by atoms with E-state index in [0.717, 1.165) is 0 Å². The molecule has 0 fully saturated rings. The molecule has 0 N–H and O–H groups in total. The van der Waals surface area contributed by atoms with Crippen molar-refractivity contribution in [2.24, 2.45) is 0 Å². The molecule has 1 rings (SSSR count). The van der Waals surface area contributed by atoms with Crippen molar-refractivity contribution in [3.05, 3.63) is 30.3 Å². The van der Waals surface area contributed by atoms with Gasteiger partial charge in [-0.15, -0.1) is 0 Å². The topological polar surface area (TPSA) is 0 Å². The van der Waals surface area contributed by atoms with E-state index in [4.69, 9.17) is 0 Å². The van der Waals surface area contributed by atoms with Crippen LogP contribution in [0.25, 0.3) is 0 Å². The summed E-state index contributed by atoms with van der Waals surface area (Å²) in [5.74, 6) is 0. The second-order valence-corrected chi connectivity index (χ2v) is 6.08. The molecule has 2 radical (unpaired) electrons. The third-order valence-corrected chi connectivity index (χ3v) is 3.61. The molecule has 0 nitrogen and oxygen atoms in total. The van der Waals surface area contributed by atoms with Gasteiger partial charge in [-0.25, -0.2) is 0 Å². The Balaban J connectivity index is 0.000000288. The van der Waals surface area contributed by atoms with E-state index in [2.05, 4.69) is 38.1 Å². The van der Waals surface area contributed by atoms with Crippen LogP contribution in [0.15, 0.2) is 30.3 Å². The fourth-order valence-electron chi connectivity index (χ4n) is 1.48. The molecule has 0 bridgehead atoms. The van der Waals surface area contributed by atoms with E-state index in [0.29, 0.717) is 0 Å². The van der Waals surface area contributed by atoms with Gasteiger partial charge in [-0.1, -0.05) is 58.8 Å². The summed E-state index contributed by atoms with van der Waals surface area (Å²) in [6.07, 6.45) is 9.97. The van der Waals surface area contributed by atoms with Crippen LogP contribution in [-0.4, -0.2) is 22.5 Å². The zero-order valence-electron chi connectivity index (χ0n) is 10.9. The van der Waals surface area contributed by atoms with Crippen molar-refractivity contribution in [2.75, 3.05) is 0 Å². The van der Waals surface area contributed by atoms with Gasteiger partial charge in [-0.2, -0.15) is 0 Å². The first-order chi connectivity index (χ1) is 7.81. The summed E-state index contributed by atoms with van der Waals surface area (Å²) in [6.45, 7) is 4.53. The zero-order chi connectivity index (χ0) is 12.1. The van der Waals surface area contributed by atoms with E-state index < -0.39 is 0 Å². The first-order valence-corrected chi connectivity index (χ1v) is 8.26. The Hall–Kier alpha value is 0.0187. The summed E-state index contributed by atoms with van der Waals surface area (Å²) in [5.41, 5.74) is 0. The van der Waals surface area contributed by atoms with Gasteiger partial charge in [-0.3, -0.25) is 0 Å². The second kappa shape index (κ2) is 13.1. The normalized spacial score (nSPS) is 9.44. The van der Waals surface area contributed by atoms with Crippen LogP contribution in [0, 0.1) is 0 Å². The van der Waals surface area contributed by atoms with E-state index in [1.165, 1.54) is 71.1 Å². The Morgan fingerprint density at radius 1 is 0.750 bits per heavy atom. The van der Waals surface area contributed by atoms with E-state index >= 15 is 0 Å². The average molecular weight is 325 g/mol. The molecule has 0 spiro atoms. The number of hydrogen-bond acceptors (Lipinski definition) is 0. The summed E-state index contributed by atoms with van der Waals surface area (Å²) in [7, 11) is 0. The molecule has 0 aliphatic heterocycles. The Morgan fingerprint density at radius 3 is 1.50 bits per heavy atom. The fourth-order valence-corrected chi connectivity index (χ4v) is 2.12. The minimum atomic E-state index is 1.23. The molecule has 0 saturated heterocycles. The summed E-state index contributed by atoms with van der Waals surface area (Å²) >= 11 is 1.23. The van der Waals surface area contributed by atoms with Gasteiger partial charge in [0.1, 0.15) is 0 Å². The molecule has 0 heterocycles. The van der Waals surface area contributed by atoms with Crippen LogP contribution in [0.3, 0.4) is 0 Å². The van der Waals surface area contributed by atoms with Crippen molar-refractivity contribution in [3.8, 4) is 0 Å². The molecule has 1 aromatic carbocycles. The van der Waals surface area contributed by atoms with Crippen LogP contribution in [0.1, 0.15) is 58.8 Å². The van der Waals surface area contributed by atoms with Gasteiger partial charge in [0.05, 0.1) is 0 Å². The monoisotopic (exact) mass is 326 g/mol. The van der Waals surface area contributed by atoms with Crippen molar-refractivity contribution in [1.29, 1.82) is 0 Å². The minimum absolute atomic E-state index is 1.23. The molecule has 0 atom stereocenters. The van der Waals surface area contributed by atoms with E-state index in [1.807, 2.05) is 6.07 Å². The average Bonchev–Trinajstić information content (AvgIpc) is 2.31. The molecule has 90 valence electrons. The third kappa shape index (κ3) is 12.1. The summed E-state index contributed by atoms with van der Waals surface area (Å²) < 4.78 is 1.45. The summed E-state index contributed by atoms with van der Waals surface area (Å²) in [4.78, 5) is 0. The van der Waals surface area contributed by atoms with Crippen molar-refractivity contribution in [1.82, 2.24) is 0 Å². The van der Waals surface area contributed by atoms with Gasteiger partial charge in [0, 0.05) is 0 Å². The van der Waals surface area contributed by atoms with Crippen molar-refractivity contribution >= 4 is 26.1 Å². The van der Waals surface area contributed by atoms with Crippen LogP contribution in [0.2, 0.25) is 0 Å². The second-order valence-electron chi connectivity index (χ2n) is 4.18. The molecular weight excluding hydrogens is 299 g/mol. The van der Waals surface area contributed by atoms with Crippen LogP contribution < -0.4 is 3.58 Å². The zero-order valence-corrected chi connectivity index (χ0v) is 14.2. The Morgan fingerprint density at radius 2 is 1.19 bits per heavy atom. The SMILES string of the molecule is CCCCCCCCC.[SnH][c]1ccccc1. The van der Waals surface area contributed by atoms with Gasteiger partial charge in [-0.05, 0) is 0 Å².